The van der Waals surface area contributed by atoms with Gasteiger partial charge in [-0.25, -0.2) is 4.98 Å². The van der Waals surface area contributed by atoms with E-state index in [0.717, 1.165) is 43.2 Å². The highest BCUT2D eigenvalue weighted by Gasteiger charge is 2.28. The number of nitrogens with one attached hydrogen (secondary N) is 4. The Bertz CT molecular complexity index is 2080. The van der Waals surface area contributed by atoms with Crippen molar-refractivity contribution in [3.8, 4) is 5.75 Å². The summed E-state index contributed by atoms with van der Waals surface area (Å²) >= 11 is 3.50. The maximum Gasteiger partial charge on any atom is 0.249 e. The number of hydrogen-bond acceptors (Lipinski definition) is 13. The van der Waals surface area contributed by atoms with Crippen LogP contribution in [0.2, 0.25) is 0 Å². The molecule has 4 N–H and O–H groups in total. The Morgan fingerprint density at radius 2 is 1.57 bits per heavy atom. The predicted octanol–water partition coefficient (Wildman–Crippen LogP) is 4.63. The number of hydrogen-bond donors (Lipinski definition) is 4. The molecule has 0 radical (unpaired) electrons. The molecule has 3 aromatic carbocycles. The van der Waals surface area contributed by atoms with Gasteiger partial charge in [0.05, 0.1) is 29.5 Å². The lowest BCUT2D eigenvalue weighted by atomic mass is 10.1. The number of carbonyl (C=O) groups excluding carboxylic acids is 4. The third kappa shape index (κ3) is 9.20. The average Bonchev–Trinajstić information content (AvgIpc) is 3.21. The van der Waals surface area contributed by atoms with Gasteiger partial charge in [0.1, 0.15) is 17.6 Å². The summed E-state index contributed by atoms with van der Waals surface area (Å²) in [6.45, 7) is 7.82. The van der Waals surface area contributed by atoms with Gasteiger partial charge in [-0.05, 0) is 77.8 Å². The van der Waals surface area contributed by atoms with Crippen LogP contribution in [-0.2, 0) is 14.4 Å². The minimum atomic E-state index is -0.412. The maximum atomic E-state index is 13.4. The van der Waals surface area contributed by atoms with Crippen LogP contribution in [0, 0.1) is 0 Å². The highest BCUT2D eigenvalue weighted by Crippen LogP contribution is 2.33. The summed E-state index contributed by atoms with van der Waals surface area (Å²) in [7, 11) is 1.62. The zero-order valence-electron chi connectivity index (χ0n) is 31.4. The second-order valence-electron chi connectivity index (χ2n) is 14.0. The lowest BCUT2D eigenvalue weighted by Gasteiger charge is -2.39. The summed E-state index contributed by atoms with van der Waals surface area (Å²) in [5.41, 5.74) is 4.84. The number of rotatable bonds is 12. The summed E-state index contributed by atoms with van der Waals surface area (Å²) in [5, 5.41) is 12.1. The van der Waals surface area contributed by atoms with E-state index in [1.807, 2.05) is 65.6 Å². The van der Waals surface area contributed by atoms with Gasteiger partial charge in [0.15, 0.2) is 5.78 Å². The van der Waals surface area contributed by atoms with E-state index in [-0.39, 0.29) is 23.5 Å². The quantitative estimate of drug-likeness (QED) is 0.116. The smallest absolute Gasteiger partial charge is 0.249 e. The van der Waals surface area contributed by atoms with Gasteiger partial charge in [-0.2, -0.15) is 4.98 Å². The van der Waals surface area contributed by atoms with E-state index < -0.39 is 6.04 Å². The van der Waals surface area contributed by atoms with Crippen molar-refractivity contribution >= 4 is 79.6 Å². The number of aromatic nitrogens is 2. The molecular weight excluding hydrogens is 780 g/mol. The molecule has 292 valence electrons. The first-order chi connectivity index (χ1) is 27.1. The Morgan fingerprint density at radius 3 is 2.29 bits per heavy atom. The van der Waals surface area contributed by atoms with Crippen LogP contribution in [0.15, 0.2) is 77.4 Å². The lowest BCUT2D eigenvalue weighted by molar-refractivity contribution is -0.134. The van der Waals surface area contributed by atoms with Gasteiger partial charge in [-0.3, -0.25) is 29.4 Å². The summed E-state index contributed by atoms with van der Waals surface area (Å²) < 4.78 is 6.40. The van der Waals surface area contributed by atoms with E-state index in [1.54, 1.807) is 19.4 Å². The molecule has 3 amide bonds. The number of para-hydroxylation sites is 1. The van der Waals surface area contributed by atoms with Gasteiger partial charge >= 0.3 is 0 Å². The van der Waals surface area contributed by atoms with E-state index in [0.29, 0.717) is 84.5 Å². The minimum absolute atomic E-state index is 0.0509. The van der Waals surface area contributed by atoms with Crippen molar-refractivity contribution in [3.63, 3.8) is 0 Å². The highest BCUT2D eigenvalue weighted by molar-refractivity contribution is 9.10. The Morgan fingerprint density at radius 1 is 0.875 bits per heavy atom. The van der Waals surface area contributed by atoms with Crippen LogP contribution in [0.5, 0.6) is 5.75 Å². The van der Waals surface area contributed by atoms with Crippen LogP contribution >= 0.6 is 15.9 Å². The van der Waals surface area contributed by atoms with E-state index in [4.69, 9.17) is 4.74 Å². The summed E-state index contributed by atoms with van der Waals surface area (Å²) in [6.07, 6.45) is 2.46. The van der Waals surface area contributed by atoms with E-state index >= 15 is 0 Å². The molecule has 4 aromatic rings. The Kier molecular flexibility index (Phi) is 12.0. The zero-order valence-corrected chi connectivity index (χ0v) is 33.0. The first-order valence-corrected chi connectivity index (χ1v) is 19.5. The molecule has 1 atom stereocenters. The van der Waals surface area contributed by atoms with Crippen LogP contribution in [-0.4, -0.2) is 115 Å². The fraction of sp³-hybridized carbons (Fsp3) is 0.350. The fourth-order valence-corrected chi connectivity index (χ4v) is 7.40. The third-order valence-corrected chi connectivity index (χ3v) is 10.9. The molecule has 7 rings (SSSR count). The van der Waals surface area contributed by atoms with Crippen LogP contribution < -0.4 is 35.8 Å². The third-order valence-electron chi connectivity index (χ3n) is 10.3. The number of nitrogens with zero attached hydrogens (tertiary/aromatic N) is 6. The number of piperidine rings is 1. The molecule has 56 heavy (non-hydrogen) atoms. The lowest BCUT2D eigenvalue weighted by Crippen LogP contribution is -2.54. The molecule has 0 saturated carbocycles. The zero-order chi connectivity index (χ0) is 39.2. The Labute approximate surface area is 333 Å². The van der Waals surface area contributed by atoms with Crippen LogP contribution in [0.25, 0.3) is 0 Å². The van der Waals surface area contributed by atoms with E-state index in [1.165, 1.54) is 6.92 Å². The van der Waals surface area contributed by atoms with Crippen molar-refractivity contribution in [2.24, 2.45) is 0 Å². The summed E-state index contributed by atoms with van der Waals surface area (Å²) in [5.74, 6) is 1.07. The molecule has 16 heteroatoms. The summed E-state index contributed by atoms with van der Waals surface area (Å²) in [4.78, 5) is 66.8. The average molecular weight is 826 g/mol. The Balaban J connectivity index is 0.876. The molecule has 0 spiro atoms. The van der Waals surface area contributed by atoms with Crippen LogP contribution in [0.1, 0.15) is 30.1 Å². The van der Waals surface area contributed by atoms with Gasteiger partial charge in [0.25, 0.3) is 0 Å². The molecule has 3 fully saturated rings. The van der Waals surface area contributed by atoms with Crippen molar-refractivity contribution in [1.82, 2.24) is 25.1 Å². The summed E-state index contributed by atoms with van der Waals surface area (Å²) in [6, 6.07) is 20.8. The van der Waals surface area contributed by atoms with E-state index in [9.17, 15) is 19.2 Å². The largest absolute Gasteiger partial charge is 0.494 e. The molecule has 15 nitrogen and oxygen atoms in total. The molecule has 3 aliphatic rings. The molecular formula is C40H45BrN10O5. The number of halogens is 1. The first-order valence-electron chi connectivity index (χ1n) is 18.7. The standard InChI is InChI=1S/C40H45BrN10O5/c1-26(52)30-5-3-4-6-32(30)44-38-31(41)24-42-40(47-38)45-33-12-11-29(23-35(33)56-2)50-19-21-51(22-20-50)37(54)25-48-15-17-49(18-16-48)28-9-7-27(8-10-28)43-34-13-14-36(53)46-39(34)55/h3-12,23-24,34,43H,13-22,25H2,1-2H3,(H,46,53,55)(H2,42,44,45,47). The number of ether oxygens (including phenoxy) is 1. The predicted molar refractivity (Wildman–Crippen MR) is 219 cm³/mol. The Hall–Kier alpha value is -5.74. The SMILES string of the molecule is COc1cc(N2CCN(C(=O)CN3CCN(c4ccc(NC5CCC(=O)NC5=O)cc4)CC3)CC2)ccc1Nc1ncc(Br)c(Nc2ccccc2C(C)=O)n1. The van der Waals surface area contributed by atoms with Gasteiger partial charge in [-0.1, -0.05) is 12.1 Å². The van der Waals surface area contributed by atoms with Gasteiger partial charge in [-0.15, -0.1) is 0 Å². The molecule has 1 unspecified atom stereocenters. The number of carbonyl (C=O) groups is 4. The van der Waals surface area contributed by atoms with Crippen molar-refractivity contribution in [2.45, 2.75) is 25.8 Å². The number of Topliss-reactive ketones (excluding diaryl/α,β-unsaturated/α-hetero) is 1. The number of piperazine rings is 2. The monoisotopic (exact) mass is 824 g/mol. The fourth-order valence-electron chi connectivity index (χ4n) is 7.11. The minimum Gasteiger partial charge on any atom is -0.494 e. The molecule has 1 aromatic heterocycles. The highest BCUT2D eigenvalue weighted by atomic mass is 79.9. The second-order valence-corrected chi connectivity index (χ2v) is 14.8. The number of ketones is 1. The second kappa shape index (κ2) is 17.4. The van der Waals surface area contributed by atoms with Crippen molar-refractivity contribution < 1.29 is 23.9 Å². The van der Waals surface area contributed by atoms with Crippen LogP contribution in [0.3, 0.4) is 0 Å². The normalized spacial score (nSPS) is 17.6. The van der Waals surface area contributed by atoms with Crippen molar-refractivity contribution in [3.05, 3.63) is 83.0 Å². The molecule has 0 aliphatic carbocycles. The van der Waals surface area contributed by atoms with Crippen LogP contribution in [0.4, 0.5) is 40.2 Å². The van der Waals surface area contributed by atoms with Crippen molar-refractivity contribution in [2.75, 3.05) is 91.8 Å². The number of methoxy groups -OCH3 is 1. The van der Waals surface area contributed by atoms with Gasteiger partial charge < -0.3 is 35.4 Å². The molecule has 4 heterocycles. The van der Waals surface area contributed by atoms with Crippen molar-refractivity contribution in [1.29, 1.82) is 0 Å². The van der Waals surface area contributed by atoms with Gasteiger partial charge in [0.2, 0.25) is 23.7 Å². The number of benzene rings is 3. The molecule has 3 saturated heterocycles. The topological polar surface area (TPSA) is 164 Å². The number of anilines is 7. The molecule has 0 bridgehead atoms. The van der Waals surface area contributed by atoms with Gasteiger partial charge in [0, 0.05) is 93.7 Å². The number of imide groups is 1. The maximum absolute atomic E-state index is 13.4. The first kappa shape index (κ1) is 38.5. The van der Waals surface area contributed by atoms with E-state index in [2.05, 4.69) is 61.9 Å². The molecule has 3 aliphatic heterocycles. The number of amides is 3.